The van der Waals surface area contributed by atoms with Crippen LogP contribution in [0.15, 0.2) is 28.7 Å². The van der Waals surface area contributed by atoms with Gasteiger partial charge in [-0.15, -0.1) is 0 Å². The summed E-state index contributed by atoms with van der Waals surface area (Å²) in [7, 11) is 2.18. The molecule has 0 bridgehead atoms. The van der Waals surface area contributed by atoms with Crippen molar-refractivity contribution < 1.29 is 0 Å². The number of hydrogen-bond acceptors (Lipinski definition) is 2. The number of benzene rings is 1. The summed E-state index contributed by atoms with van der Waals surface area (Å²) in [5, 5.41) is 3.44. The lowest BCUT2D eigenvalue weighted by molar-refractivity contribution is 0.318. The average molecular weight is 299 g/mol. The van der Waals surface area contributed by atoms with Crippen molar-refractivity contribution in [2.24, 2.45) is 0 Å². The zero-order valence-electron chi connectivity index (χ0n) is 11.0. The van der Waals surface area contributed by atoms with Crippen molar-refractivity contribution in [3.8, 4) is 0 Å². The highest BCUT2D eigenvalue weighted by atomic mass is 79.9. The summed E-state index contributed by atoms with van der Waals surface area (Å²) in [4.78, 5) is 2.37. The number of nitrogens with one attached hydrogen (secondary N) is 1. The van der Waals surface area contributed by atoms with Crippen molar-refractivity contribution >= 4 is 15.9 Å². The zero-order chi connectivity index (χ0) is 12.7. The first-order valence-electron chi connectivity index (χ1n) is 6.24. The molecule has 1 N–H and O–H groups in total. The second-order valence-corrected chi connectivity index (χ2v) is 5.74. The second kappa shape index (κ2) is 7.85. The quantitative estimate of drug-likeness (QED) is 0.777. The van der Waals surface area contributed by atoms with Crippen molar-refractivity contribution in [3.05, 3.63) is 34.3 Å². The normalized spacial score (nSPS) is 11.4. The van der Waals surface area contributed by atoms with E-state index in [1.54, 1.807) is 0 Å². The Morgan fingerprint density at radius 2 is 1.88 bits per heavy atom. The van der Waals surface area contributed by atoms with E-state index in [1.165, 1.54) is 12.0 Å². The van der Waals surface area contributed by atoms with Crippen LogP contribution in [0, 0.1) is 0 Å². The Hall–Kier alpha value is -0.380. The van der Waals surface area contributed by atoms with Gasteiger partial charge in [-0.05, 0) is 44.3 Å². The topological polar surface area (TPSA) is 15.3 Å². The fourth-order valence-electron chi connectivity index (χ4n) is 1.72. The Kier molecular flexibility index (Phi) is 6.78. The Morgan fingerprint density at radius 3 is 2.47 bits per heavy atom. The van der Waals surface area contributed by atoms with E-state index in [1.807, 2.05) is 0 Å². The fourth-order valence-corrected chi connectivity index (χ4v) is 1.98. The summed E-state index contributed by atoms with van der Waals surface area (Å²) in [6.45, 7) is 7.63. The maximum Gasteiger partial charge on any atom is 0.0230 e. The Bertz CT molecular complexity index is 309. The average Bonchev–Trinajstić information content (AvgIpc) is 2.27. The predicted octanol–water partition coefficient (Wildman–Crippen LogP) is 3.27. The smallest absolute Gasteiger partial charge is 0.0230 e. The number of halogens is 1. The van der Waals surface area contributed by atoms with Gasteiger partial charge in [0.15, 0.2) is 0 Å². The summed E-state index contributed by atoms with van der Waals surface area (Å²) >= 11 is 3.45. The van der Waals surface area contributed by atoms with E-state index in [4.69, 9.17) is 0 Å². The van der Waals surface area contributed by atoms with Crippen LogP contribution in [0.5, 0.6) is 0 Å². The third-order valence-electron chi connectivity index (χ3n) is 2.63. The van der Waals surface area contributed by atoms with Gasteiger partial charge in [0.1, 0.15) is 0 Å². The van der Waals surface area contributed by atoms with Crippen LogP contribution in [-0.2, 0) is 6.54 Å². The van der Waals surface area contributed by atoms with Crippen LogP contribution in [0.25, 0.3) is 0 Å². The van der Waals surface area contributed by atoms with E-state index in [9.17, 15) is 0 Å². The molecule has 0 aliphatic rings. The Labute approximate surface area is 114 Å². The third-order valence-corrected chi connectivity index (χ3v) is 3.16. The van der Waals surface area contributed by atoms with Gasteiger partial charge in [0.2, 0.25) is 0 Å². The maximum atomic E-state index is 3.45. The second-order valence-electron chi connectivity index (χ2n) is 4.83. The van der Waals surface area contributed by atoms with Gasteiger partial charge in [0.25, 0.3) is 0 Å². The van der Waals surface area contributed by atoms with E-state index in [0.717, 1.165) is 24.1 Å². The van der Waals surface area contributed by atoms with Crippen molar-refractivity contribution in [3.63, 3.8) is 0 Å². The lowest BCUT2D eigenvalue weighted by Crippen LogP contribution is -2.27. The molecule has 1 aromatic rings. The van der Waals surface area contributed by atoms with Crippen molar-refractivity contribution in [2.45, 2.75) is 32.9 Å². The third kappa shape index (κ3) is 6.81. The molecule has 0 aromatic heterocycles. The molecule has 0 saturated carbocycles. The molecular weight excluding hydrogens is 276 g/mol. The number of hydrogen-bond donors (Lipinski definition) is 1. The molecule has 0 spiro atoms. The van der Waals surface area contributed by atoms with E-state index in [2.05, 4.69) is 71.3 Å². The summed E-state index contributed by atoms with van der Waals surface area (Å²) in [6.07, 6.45) is 1.20. The highest BCUT2D eigenvalue weighted by Crippen LogP contribution is 2.11. The van der Waals surface area contributed by atoms with Crippen LogP contribution in [0.3, 0.4) is 0 Å². The monoisotopic (exact) mass is 298 g/mol. The van der Waals surface area contributed by atoms with Crippen LogP contribution in [0.2, 0.25) is 0 Å². The van der Waals surface area contributed by atoms with Crippen LogP contribution < -0.4 is 5.32 Å². The predicted molar refractivity (Wildman–Crippen MR) is 78.2 cm³/mol. The zero-order valence-corrected chi connectivity index (χ0v) is 12.6. The van der Waals surface area contributed by atoms with Gasteiger partial charge >= 0.3 is 0 Å². The Morgan fingerprint density at radius 1 is 1.24 bits per heavy atom. The van der Waals surface area contributed by atoms with E-state index >= 15 is 0 Å². The van der Waals surface area contributed by atoms with Gasteiger partial charge in [-0.3, -0.25) is 0 Å². The van der Waals surface area contributed by atoms with Gasteiger partial charge in [-0.1, -0.05) is 41.9 Å². The molecule has 2 nitrogen and oxygen atoms in total. The van der Waals surface area contributed by atoms with Gasteiger partial charge in [0.05, 0.1) is 0 Å². The first-order valence-corrected chi connectivity index (χ1v) is 7.03. The van der Waals surface area contributed by atoms with Gasteiger partial charge in [0, 0.05) is 17.1 Å². The minimum atomic E-state index is 0.590. The largest absolute Gasteiger partial charge is 0.314 e. The van der Waals surface area contributed by atoms with E-state index < -0.39 is 0 Å². The van der Waals surface area contributed by atoms with Gasteiger partial charge in [-0.25, -0.2) is 0 Å². The Balaban J connectivity index is 2.20. The molecule has 3 heteroatoms. The van der Waals surface area contributed by atoms with Gasteiger partial charge < -0.3 is 10.2 Å². The molecular formula is C14H23BrN2. The summed E-state index contributed by atoms with van der Waals surface area (Å²) in [5.41, 5.74) is 1.37. The maximum absolute atomic E-state index is 3.45. The minimum Gasteiger partial charge on any atom is -0.314 e. The van der Waals surface area contributed by atoms with Crippen LogP contribution in [0.4, 0.5) is 0 Å². The summed E-state index contributed by atoms with van der Waals surface area (Å²) in [6, 6.07) is 9.14. The van der Waals surface area contributed by atoms with Crippen molar-refractivity contribution in [2.75, 3.05) is 20.1 Å². The first kappa shape index (κ1) is 14.7. The highest BCUT2D eigenvalue weighted by Gasteiger charge is 2.00. The van der Waals surface area contributed by atoms with Crippen LogP contribution in [-0.4, -0.2) is 31.1 Å². The SMILES string of the molecule is CC(C)NCCCN(C)Cc1ccc(Br)cc1. The van der Waals surface area contributed by atoms with Crippen LogP contribution >= 0.6 is 15.9 Å². The molecule has 0 unspecified atom stereocenters. The van der Waals surface area contributed by atoms with E-state index in [-0.39, 0.29) is 0 Å². The summed E-state index contributed by atoms with van der Waals surface area (Å²) < 4.78 is 1.14. The molecule has 0 atom stereocenters. The molecule has 0 saturated heterocycles. The van der Waals surface area contributed by atoms with E-state index in [0.29, 0.717) is 6.04 Å². The van der Waals surface area contributed by atoms with Gasteiger partial charge in [-0.2, -0.15) is 0 Å². The molecule has 17 heavy (non-hydrogen) atoms. The molecule has 0 amide bonds. The molecule has 0 fully saturated rings. The molecule has 1 rings (SSSR count). The number of nitrogens with zero attached hydrogens (tertiary/aromatic N) is 1. The summed E-state index contributed by atoms with van der Waals surface area (Å²) in [5.74, 6) is 0. The lowest BCUT2D eigenvalue weighted by atomic mass is 10.2. The molecule has 96 valence electrons. The molecule has 0 aliphatic heterocycles. The van der Waals surface area contributed by atoms with Crippen molar-refractivity contribution in [1.29, 1.82) is 0 Å². The number of rotatable bonds is 7. The van der Waals surface area contributed by atoms with Crippen LogP contribution in [0.1, 0.15) is 25.8 Å². The highest BCUT2D eigenvalue weighted by molar-refractivity contribution is 9.10. The fraction of sp³-hybridized carbons (Fsp3) is 0.571. The van der Waals surface area contributed by atoms with Crippen molar-refractivity contribution in [1.82, 2.24) is 10.2 Å². The lowest BCUT2D eigenvalue weighted by Gasteiger charge is -2.17. The molecule has 0 radical (unpaired) electrons. The standard InChI is InChI=1S/C14H23BrN2/c1-12(2)16-9-4-10-17(3)11-13-5-7-14(15)8-6-13/h5-8,12,16H,4,9-11H2,1-3H3. The molecule has 0 aliphatic carbocycles. The molecule has 1 aromatic carbocycles. The first-order chi connectivity index (χ1) is 8.08. The molecule has 0 heterocycles. The minimum absolute atomic E-state index is 0.590.